The van der Waals surface area contributed by atoms with Crippen molar-refractivity contribution in [2.24, 2.45) is 5.92 Å². The molecule has 0 amide bonds. The lowest BCUT2D eigenvalue weighted by Crippen LogP contribution is -2.07. The number of ether oxygens (including phenoxy) is 1. The molecule has 0 radical (unpaired) electrons. The zero-order valence-corrected chi connectivity index (χ0v) is 11.3. The number of rotatable bonds is 5. The lowest BCUT2D eigenvalue weighted by molar-refractivity contribution is 0.111. The van der Waals surface area contributed by atoms with Gasteiger partial charge >= 0.3 is 0 Å². The Hall–Kier alpha value is -2.17. The van der Waals surface area contributed by atoms with Gasteiger partial charge in [0.25, 0.3) is 0 Å². The summed E-state index contributed by atoms with van der Waals surface area (Å²) < 4.78 is 6.90. The quantitative estimate of drug-likeness (QED) is 0.773. The number of carbonyl (C=O) groups excluding carboxylic acids is 1. The van der Waals surface area contributed by atoms with Crippen LogP contribution in [-0.4, -0.2) is 28.4 Å². The van der Waals surface area contributed by atoms with Gasteiger partial charge in [-0.2, -0.15) is 0 Å². The Labute approximate surface area is 112 Å². The van der Waals surface area contributed by atoms with Crippen molar-refractivity contribution in [2.45, 2.75) is 20.3 Å². The second-order valence-electron chi connectivity index (χ2n) is 4.75. The first-order valence-electron chi connectivity index (χ1n) is 6.20. The fourth-order valence-electron chi connectivity index (χ4n) is 1.93. The number of carbonyl (C=O) groups is 1. The van der Waals surface area contributed by atoms with Crippen molar-refractivity contribution in [3.8, 4) is 11.4 Å². The smallest absolute Gasteiger partial charge is 0.172 e. The lowest BCUT2D eigenvalue weighted by Gasteiger charge is -2.09. The Morgan fingerprint density at radius 1 is 1.42 bits per heavy atom. The van der Waals surface area contributed by atoms with Crippen molar-refractivity contribution in [1.82, 2.24) is 15.0 Å². The first-order valence-corrected chi connectivity index (χ1v) is 6.20. The van der Waals surface area contributed by atoms with E-state index in [1.165, 1.54) is 0 Å². The van der Waals surface area contributed by atoms with E-state index in [4.69, 9.17) is 4.74 Å². The predicted octanol–water partition coefficient (Wildman–Crippen LogP) is 2.29. The van der Waals surface area contributed by atoms with Gasteiger partial charge in [0.05, 0.1) is 18.5 Å². The van der Waals surface area contributed by atoms with E-state index >= 15 is 0 Å². The number of aromatic nitrogens is 3. The summed E-state index contributed by atoms with van der Waals surface area (Å²) in [6, 6.07) is 7.53. The minimum absolute atomic E-state index is 0.400. The first kappa shape index (κ1) is 13.3. The number of hydrogen-bond acceptors (Lipinski definition) is 4. The molecular formula is C14H17N3O2. The molecule has 2 rings (SSSR count). The highest BCUT2D eigenvalue weighted by molar-refractivity contribution is 5.73. The van der Waals surface area contributed by atoms with Crippen LogP contribution in [0.4, 0.5) is 0 Å². The molecule has 19 heavy (non-hydrogen) atoms. The van der Waals surface area contributed by atoms with E-state index in [-0.39, 0.29) is 0 Å². The standard InChI is InChI=1S/C14H17N3O2/c1-10(2)7-14-13(9-18)15-16-17(14)11-5-4-6-12(8-11)19-3/h4-6,8-10H,7H2,1-3H3. The van der Waals surface area contributed by atoms with E-state index in [1.54, 1.807) is 11.8 Å². The van der Waals surface area contributed by atoms with Crippen molar-refractivity contribution in [3.05, 3.63) is 35.7 Å². The van der Waals surface area contributed by atoms with Gasteiger partial charge in [0.2, 0.25) is 0 Å². The average Bonchev–Trinajstić information content (AvgIpc) is 2.81. The van der Waals surface area contributed by atoms with Gasteiger partial charge < -0.3 is 4.74 Å². The monoisotopic (exact) mass is 259 g/mol. The van der Waals surface area contributed by atoms with Crippen LogP contribution < -0.4 is 4.74 Å². The SMILES string of the molecule is COc1cccc(-n2nnc(C=O)c2CC(C)C)c1. The molecule has 0 aliphatic carbocycles. The van der Waals surface area contributed by atoms with Gasteiger partial charge in [-0.15, -0.1) is 5.10 Å². The van der Waals surface area contributed by atoms with E-state index in [0.717, 1.165) is 29.8 Å². The third-order valence-corrected chi connectivity index (χ3v) is 2.80. The maximum Gasteiger partial charge on any atom is 0.172 e. The first-order chi connectivity index (χ1) is 9.15. The van der Waals surface area contributed by atoms with Crippen LogP contribution in [0.5, 0.6) is 5.75 Å². The molecule has 1 aromatic carbocycles. The maximum atomic E-state index is 11.0. The molecule has 5 heteroatoms. The van der Waals surface area contributed by atoms with E-state index in [1.807, 2.05) is 24.3 Å². The molecule has 0 aliphatic rings. The summed E-state index contributed by atoms with van der Waals surface area (Å²) >= 11 is 0. The molecule has 0 spiro atoms. The molecular weight excluding hydrogens is 242 g/mol. The van der Waals surface area contributed by atoms with Crippen LogP contribution in [0.1, 0.15) is 30.0 Å². The fraction of sp³-hybridized carbons (Fsp3) is 0.357. The van der Waals surface area contributed by atoms with Crippen molar-refractivity contribution in [3.63, 3.8) is 0 Å². The van der Waals surface area contributed by atoms with Gasteiger partial charge in [-0.05, 0) is 24.5 Å². The molecule has 0 saturated heterocycles. The molecule has 0 saturated carbocycles. The highest BCUT2D eigenvalue weighted by atomic mass is 16.5. The lowest BCUT2D eigenvalue weighted by atomic mass is 10.1. The van der Waals surface area contributed by atoms with Crippen molar-refractivity contribution < 1.29 is 9.53 Å². The molecule has 1 aromatic heterocycles. The maximum absolute atomic E-state index is 11.0. The largest absolute Gasteiger partial charge is 0.497 e. The summed E-state index contributed by atoms with van der Waals surface area (Å²) in [6.07, 6.45) is 1.50. The molecule has 0 N–H and O–H groups in total. The summed E-state index contributed by atoms with van der Waals surface area (Å²) in [5, 5.41) is 7.99. The molecule has 100 valence electrons. The fourth-order valence-corrected chi connectivity index (χ4v) is 1.93. The van der Waals surface area contributed by atoms with E-state index in [2.05, 4.69) is 24.2 Å². The van der Waals surface area contributed by atoms with Gasteiger partial charge in [-0.1, -0.05) is 25.1 Å². The zero-order valence-electron chi connectivity index (χ0n) is 11.3. The molecule has 2 aromatic rings. The van der Waals surface area contributed by atoms with Crippen molar-refractivity contribution in [1.29, 1.82) is 0 Å². The van der Waals surface area contributed by atoms with Crippen LogP contribution in [0.25, 0.3) is 5.69 Å². The Kier molecular flexibility index (Phi) is 3.94. The van der Waals surface area contributed by atoms with Gasteiger partial charge in [-0.3, -0.25) is 4.79 Å². The van der Waals surface area contributed by atoms with Crippen LogP contribution >= 0.6 is 0 Å². The third kappa shape index (κ3) is 2.81. The van der Waals surface area contributed by atoms with E-state index in [9.17, 15) is 4.79 Å². The van der Waals surface area contributed by atoms with Gasteiger partial charge in [0.15, 0.2) is 6.29 Å². The highest BCUT2D eigenvalue weighted by Crippen LogP contribution is 2.19. The Bertz CT molecular complexity index is 576. The molecule has 1 heterocycles. The van der Waals surface area contributed by atoms with Crippen LogP contribution in [-0.2, 0) is 6.42 Å². The average molecular weight is 259 g/mol. The van der Waals surface area contributed by atoms with Gasteiger partial charge in [0.1, 0.15) is 11.4 Å². The van der Waals surface area contributed by atoms with E-state index < -0.39 is 0 Å². The predicted molar refractivity (Wildman–Crippen MR) is 71.8 cm³/mol. The van der Waals surface area contributed by atoms with Crippen molar-refractivity contribution in [2.75, 3.05) is 7.11 Å². The number of aldehydes is 1. The van der Waals surface area contributed by atoms with Crippen LogP contribution in [0.3, 0.4) is 0 Å². The number of hydrogen-bond donors (Lipinski definition) is 0. The van der Waals surface area contributed by atoms with Crippen LogP contribution in [0, 0.1) is 5.92 Å². The minimum Gasteiger partial charge on any atom is -0.497 e. The number of nitrogens with zero attached hydrogens (tertiary/aromatic N) is 3. The number of methoxy groups -OCH3 is 1. The highest BCUT2D eigenvalue weighted by Gasteiger charge is 2.15. The minimum atomic E-state index is 0.400. The van der Waals surface area contributed by atoms with Crippen LogP contribution in [0.2, 0.25) is 0 Å². The molecule has 0 unspecified atom stereocenters. The second kappa shape index (κ2) is 5.65. The van der Waals surface area contributed by atoms with E-state index in [0.29, 0.717) is 11.6 Å². The van der Waals surface area contributed by atoms with Crippen molar-refractivity contribution >= 4 is 6.29 Å². The Morgan fingerprint density at radius 3 is 2.84 bits per heavy atom. The topological polar surface area (TPSA) is 57.0 Å². The summed E-state index contributed by atoms with van der Waals surface area (Å²) in [5.41, 5.74) is 2.07. The normalized spacial score (nSPS) is 10.7. The molecule has 0 atom stereocenters. The molecule has 5 nitrogen and oxygen atoms in total. The van der Waals surface area contributed by atoms with Gasteiger partial charge in [-0.25, -0.2) is 4.68 Å². The van der Waals surface area contributed by atoms with Gasteiger partial charge in [0, 0.05) is 6.07 Å². The summed E-state index contributed by atoms with van der Waals surface area (Å²) in [4.78, 5) is 11.0. The summed E-state index contributed by atoms with van der Waals surface area (Å²) in [5.74, 6) is 1.16. The Balaban J connectivity index is 2.48. The Morgan fingerprint density at radius 2 is 2.21 bits per heavy atom. The summed E-state index contributed by atoms with van der Waals surface area (Å²) in [7, 11) is 1.62. The molecule has 0 fully saturated rings. The second-order valence-corrected chi connectivity index (χ2v) is 4.75. The molecule has 0 bridgehead atoms. The number of benzene rings is 1. The van der Waals surface area contributed by atoms with Crippen LogP contribution in [0.15, 0.2) is 24.3 Å². The zero-order chi connectivity index (χ0) is 13.8. The molecule has 0 aliphatic heterocycles. The summed E-state index contributed by atoms with van der Waals surface area (Å²) in [6.45, 7) is 4.19. The third-order valence-electron chi connectivity index (χ3n) is 2.80.